The van der Waals surface area contributed by atoms with Crippen LogP contribution in [0.4, 0.5) is 5.69 Å². The number of anilines is 1. The van der Waals surface area contributed by atoms with Gasteiger partial charge in [-0.3, -0.25) is 0 Å². The van der Waals surface area contributed by atoms with E-state index in [-0.39, 0.29) is 0 Å². The molecule has 0 aliphatic carbocycles. The predicted molar refractivity (Wildman–Crippen MR) is 108 cm³/mol. The van der Waals surface area contributed by atoms with Crippen molar-refractivity contribution in [1.82, 2.24) is 5.32 Å². The zero-order valence-corrected chi connectivity index (χ0v) is 15.9. The molecule has 134 valence electrons. The molecule has 0 saturated carbocycles. The van der Waals surface area contributed by atoms with Gasteiger partial charge >= 0.3 is 0 Å². The van der Waals surface area contributed by atoms with Crippen molar-refractivity contribution >= 4 is 23.0 Å². The molecule has 1 atom stereocenters. The number of methoxy groups -OCH3 is 2. The van der Waals surface area contributed by atoms with Crippen LogP contribution in [0.2, 0.25) is 0 Å². The summed E-state index contributed by atoms with van der Waals surface area (Å²) in [5.74, 6) is 1.90. The Balaban J connectivity index is 1.87. The largest absolute Gasteiger partial charge is 0.493 e. The number of hydrogen-bond donors (Lipinski definition) is 2. The van der Waals surface area contributed by atoms with Gasteiger partial charge in [-0.25, -0.2) is 0 Å². The van der Waals surface area contributed by atoms with E-state index in [2.05, 4.69) is 41.8 Å². The molecule has 4 nitrogen and oxygen atoms in total. The first-order valence-corrected chi connectivity index (χ1v) is 8.87. The summed E-state index contributed by atoms with van der Waals surface area (Å²) in [7, 11) is 3.24. The Labute approximate surface area is 155 Å². The number of thiocarbonyl (C=S) groups is 1. The van der Waals surface area contributed by atoms with Crippen molar-refractivity contribution in [3.8, 4) is 11.5 Å². The molecule has 0 aliphatic heterocycles. The van der Waals surface area contributed by atoms with Gasteiger partial charge in [0.1, 0.15) is 0 Å². The molecule has 2 aromatic rings. The molecular weight excluding hydrogens is 332 g/mol. The van der Waals surface area contributed by atoms with Gasteiger partial charge in [-0.2, -0.15) is 0 Å². The van der Waals surface area contributed by atoms with Gasteiger partial charge in [-0.1, -0.05) is 43.7 Å². The standard InChI is InChI=1S/C20H26N2O2S/c1-4-15(12-16-8-6-5-7-9-16)14-21-20(25)22-17-10-11-18(23-2)19(13-17)24-3/h5-11,13,15H,4,12,14H2,1-3H3,(H2,21,22,25)/t15-/m1/s1. The van der Waals surface area contributed by atoms with Gasteiger partial charge in [0.25, 0.3) is 0 Å². The van der Waals surface area contributed by atoms with Gasteiger partial charge < -0.3 is 20.1 Å². The number of benzene rings is 2. The lowest BCUT2D eigenvalue weighted by molar-refractivity contribution is 0.355. The van der Waals surface area contributed by atoms with Crippen molar-refractivity contribution in [3.05, 3.63) is 54.1 Å². The average Bonchev–Trinajstić information content (AvgIpc) is 2.65. The molecule has 2 N–H and O–H groups in total. The average molecular weight is 359 g/mol. The third-order valence-electron chi connectivity index (χ3n) is 4.14. The Bertz CT molecular complexity index is 677. The van der Waals surface area contributed by atoms with E-state index in [1.54, 1.807) is 14.2 Å². The zero-order valence-electron chi connectivity index (χ0n) is 15.0. The lowest BCUT2D eigenvalue weighted by Gasteiger charge is -2.18. The number of hydrogen-bond acceptors (Lipinski definition) is 3. The third-order valence-corrected chi connectivity index (χ3v) is 4.38. The maximum Gasteiger partial charge on any atom is 0.170 e. The lowest BCUT2D eigenvalue weighted by atomic mass is 9.97. The fraction of sp³-hybridized carbons (Fsp3) is 0.350. The van der Waals surface area contributed by atoms with E-state index in [0.717, 1.165) is 25.1 Å². The normalized spacial score (nSPS) is 11.5. The summed E-state index contributed by atoms with van der Waals surface area (Å²) in [6, 6.07) is 16.2. The van der Waals surface area contributed by atoms with Crippen molar-refractivity contribution in [3.63, 3.8) is 0 Å². The van der Waals surface area contributed by atoms with Crippen LogP contribution in [0.5, 0.6) is 11.5 Å². The van der Waals surface area contributed by atoms with E-state index in [0.29, 0.717) is 22.5 Å². The van der Waals surface area contributed by atoms with E-state index in [9.17, 15) is 0 Å². The molecule has 2 aromatic carbocycles. The molecule has 2 rings (SSSR count). The molecular formula is C20H26N2O2S. The van der Waals surface area contributed by atoms with Gasteiger partial charge in [-0.05, 0) is 42.3 Å². The molecule has 0 amide bonds. The van der Waals surface area contributed by atoms with Crippen LogP contribution in [0, 0.1) is 5.92 Å². The molecule has 0 spiro atoms. The van der Waals surface area contributed by atoms with Gasteiger partial charge in [0, 0.05) is 18.3 Å². The van der Waals surface area contributed by atoms with Crippen LogP contribution in [0.3, 0.4) is 0 Å². The van der Waals surface area contributed by atoms with Crippen LogP contribution in [-0.2, 0) is 6.42 Å². The Kier molecular flexibility index (Phi) is 7.54. The summed E-state index contributed by atoms with van der Waals surface area (Å²) in [6.45, 7) is 3.05. The van der Waals surface area contributed by atoms with Crippen LogP contribution in [0.15, 0.2) is 48.5 Å². The van der Waals surface area contributed by atoms with E-state index in [4.69, 9.17) is 21.7 Å². The minimum atomic E-state index is 0.535. The van der Waals surface area contributed by atoms with Crippen LogP contribution >= 0.6 is 12.2 Å². The van der Waals surface area contributed by atoms with Crippen LogP contribution in [-0.4, -0.2) is 25.9 Å². The molecule has 0 fully saturated rings. The number of rotatable bonds is 8. The smallest absolute Gasteiger partial charge is 0.170 e. The lowest BCUT2D eigenvalue weighted by Crippen LogP contribution is -2.33. The summed E-state index contributed by atoms with van der Waals surface area (Å²) < 4.78 is 10.6. The molecule has 0 radical (unpaired) electrons. The monoisotopic (exact) mass is 358 g/mol. The van der Waals surface area contributed by atoms with E-state index >= 15 is 0 Å². The zero-order chi connectivity index (χ0) is 18.1. The predicted octanol–water partition coefficient (Wildman–Crippen LogP) is 4.26. The summed E-state index contributed by atoms with van der Waals surface area (Å²) in [6.07, 6.45) is 2.14. The molecule has 0 aliphatic rings. The molecule has 0 heterocycles. The highest BCUT2D eigenvalue weighted by atomic mass is 32.1. The summed E-state index contributed by atoms with van der Waals surface area (Å²) in [5.41, 5.74) is 2.22. The van der Waals surface area contributed by atoms with Crippen molar-refractivity contribution in [1.29, 1.82) is 0 Å². The highest BCUT2D eigenvalue weighted by molar-refractivity contribution is 7.80. The molecule has 25 heavy (non-hydrogen) atoms. The van der Waals surface area contributed by atoms with Crippen molar-refractivity contribution in [2.45, 2.75) is 19.8 Å². The second kappa shape index (κ2) is 9.89. The fourth-order valence-corrected chi connectivity index (χ4v) is 2.84. The van der Waals surface area contributed by atoms with Crippen LogP contribution < -0.4 is 20.1 Å². The maximum atomic E-state index is 5.41. The minimum absolute atomic E-state index is 0.535. The van der Waals surface area contributed by atoms with Gasteiger partial charge in [0.15, 0.2) is 16.6 Å². The Morgan fingerprint density at radius 3 is 2.40 bits per heavy atom. The van der Waals surface area contributed by atoms with Crippen molar-refractivity contribution in [2.24, 2.45) is 5.92 Å². The number of nitrogens with one attached hydrogen (secondary N) is 2. The molecule has 0 saturated heterocycles. The van der Waals surface area contributed by atoms with E-state index in [1.807, 2.05) is 24.3 Å². The first-order chi connectivity index (χ1) is 12.2. The topological polar surface area (TPSA) is 42.5 Å². The summed E-state index contributed by atoms with van der Waals surface area (Å²) in [4.78, 5) is 0. The quantitative estimate of drug-likeness (QED) is 0.690. The maximum absolute atomic E-state index is 5.41. The Hall–Kier alpha value is -2.27. The molecule has 0 bridgehead atoms. The van der Waals surface area contributed by atoms with Crippen LogP contribution in [0.25, 0.3) is 0 Å². The number of ether oxygens (including phenoxy) is 2. The first-order valence-electron chi connectivity index (χ1n) is 8.47. The minimum Gasteiger partial charge on any atom is -0.493 e. The van der Waals surface area contributed by atoms with Gasteiger partial charge in [-0.15, -0.1) is 0 Å². The van der Waals surface area contributed by atoms with Crippen molar-refractivity contribution in [2.75, 3.05) is 26.1 Å². The van der Waals surface area contributed by atoms with Gasteiger partial charge in [0.2, 0.25) is 0 Å². The molecule has 0 unspecified atom stereocenters. The van der Waals surface area contributed by atoms with E-state index in [1.165, 1.54) is 5.56 Å². The SMILES string of the molecule is CC[C@@H](CNC(=S)Nc1ccc(OC)c(OC)c1)Cc1ccccc1. The molecule has 0 aromatic heterocycles. The molecule has 5 heteroatoms. The fourth-order valence-electron chi connectivity index (χ4n) is 2.63. The summed E-state index contributed by atoms with van der Waals surface area (Å²) in [5, 5.41) is 7.12. The van der Waals surface area contributed by atoms with Crippen LogP contribution in [0.1, 0.15) is 18.9 Å². The first kappa shape index (κ1) is 19.1. The Morgan fingerprint density at radius 1 is 1.04 bits per heavy atom. The van der Waals surface area contributed by atoms with Crippen molar-refractivity contribution < 1.29 is 9.47 Å². The second-order valence-corrected chi connectivity index (χ2v) is 6.28. The van der Waals surface area contributed by atoms with E-state index < -0.39 is 0 Å². The second-order valence-electron chi connectivity index (χ2n) is 5.87. The summed E-state index contributed by atoms with van der Waals surface area (Å²) >= 11 is 5.41. The third kappa shape index (κ3) is 5.94. The highest BCUT2D eigenvalue weighted by Gasteiger charge is 2.09. The highest BCUT2D eigenvalue weighted by Crippen LogP contribution is 2.29. The Morgan fingerprint density at radius 2 is 1.76 bits per heavy atom. The van der Waals surface area contributed by atoms with Gasteiger partial charge in [0.05, 0.1) is 14.2 Å².